The van der Waals surface area contributed by atoms with Crippen molar-refractivity contribution in [3.8, 4) is 0 Å². The first-order valence-electron chi connectivity index (χ1n) is 39.8. The van der Waals surface area contributed by atoms with Gasteiger partial charge in [0, 0.05) is 25.7 Å². The SMILES string of the molecule is CC/C=C\C/C=C\C/C=C\C/C=C\CCCCCCC(=O)OCC(COP(=O)(O)OCC(O)COP(=O)(O)OCC(COC(=O)CCCCCCC/C=C\C/C=C\C/C=C\CC)OC(=O)CCCCCCCCCCCCCCC)OC(=O)CCCCCCCCC/C=C\C/C=C\C/C=C\CC. The molecule has 5 atom stereocenters. The van der Waals surface area contributed by atoms with Crippen LogP contribution in [0.1, 0.15) is 323 Å². The molecule has 586 valence electrons. The highest BCUT2D eigenvalue weighted by Gasteiger charge is 2.30. The molecule has 0 fully saturated rings. The van der Waals surface area contributed by atoms with E-state index >= 15 is 0 Å². The van der Waals surface area contributed by atoms with E-state index in [2.05, 4.69) is 149 Å². The summed E-state index contributed by atoms with van der Waals surface area (Å²) in [6, 6.07) is 0. The maximum absolute atomic E-state index is 13.1. The molecule has 0 spiro atoms. The van der Waals surface area contributed by atoms with Crippen LogP contribution >= 0.6 is 15.6 Å². The molecule has 0 aliphatic heterocycles. The van der Waals surface area contributed by atoms with Crippen LogP contribution in [0, 0.1) is 0 Å². The van der Waals surface area contributed by atoms with E-state index in [1.807, 2.05) is 0 Å². The molecule has 0 rings (SSSR count). The summed E-state index contributed by atoms with van der Waals surface area (Å²) in [5, 5.41) is 10.6. The molecule has 0 bridgehead atoms. The highest BCUT2D eigenvalue weighted by molar-refractivity contribution is 7.47. The minimum Gasteiger partial charge on any atom is -0.462 e. The number of rotatable bonds is 74. The summed E-state index contributed by atoms with van der Waals surface area (Å²) in [6.45, 7) is 4.51. The van der Waals surface area contributed by atoms with Crippen molar-refractivity contribution in [2.24, 2.45) is 0 Å². The third-order valence-electron chi connectivity index (χ3n) is 16.4. The van der Waals surface area contributed by atoms with E-state index in [0.717, 1.165) is 193 Å². The van der Waals surface area contributed by atoms with Crippen LogP contribution in [0.25, 0.3) is 0 Å². The fourth-order valence-corrected chi connectivity index (χ4v) is 12.1. The monoisotopic (exact) mass is 1470 g/mol. The van der Waals surface area contributed by atoms with Crippen LogP contribution < -0.4 is 0 Å². The highest BCUT2D eigenvalue weighted by atomic mass is 31.2. The van der Waals surface area contributed by atoms with Crippen molar-refractivity contribution < 1.29 is 80.2 Å². The molecule has 17 nitrogen and oxygen atoms in total. The molecular weight excluding hydrogens is 1330 g/mol. The van der Waals surface area contributed by atoms with E-state index in [1.165, 1.54) is 51.4 Å². The van der Waals surface area contributed by atoms with Gasteiger partial charge in [-0.3, -0.25) is 37.3 Å². The van der Waals surface area contributed by atoms with Gasteiger partial charge < -0.3 is 33.8 Å². The smallest absolute Gasteiger partial charge is 0.462 e. The molecule has 0 aromatic carbocycles. The van der Waals surface area contributed by atoms with Gasteiger partial charge in [-0.05, 0) is 128 Å². The zero-order chi connectivity index (χ0) is 74.6. The Kier molecular flexibility index (Phi) is 71.4. The van der Waals surface area contributed by atoms with Gasteiger partial charge in [0.05, 0.1) is 26.4 Å². The number of ether oxygens (including phenoxy) is 4. The molecule has 19 heteroatoms. The molecule has 0 aliphatic rings. The van der Waals surface area contributed by atoms with Crippen LogP contribution in [0.2, 0.25) is 0 Å². The Morgan fingerprint density at radius 1 is 0.284 bits per heavy atom. The predicted molar refractivity (Wildman–Crippen MR) is 418 cm³/mol. The van der Waals surface area contributed by atoms with Crippen LogP contribution in [-0.2, 0) is 65.4 Å². The number of hydrogen-bond donors (Lipinski definition) is 3. The lowest BCUT2D eigenvalue weighted by Crippen LogP contribution is -2.30. The molecule has 0 saturated heterocycles. The van der Waals surface area contributed by atoms with E-state index in [4.69, 9.17) is 37.0 Å². The second kappa shape index (κ2) is 74.7. The van der Waals surface area contributed by atoms with Gasteiger partial charge in [-0.25, -0.2) is 9.13 Å². The predicted octanol–water partition coefficient (Wildman–Crippen LogP) is 23.1. The van der Waals surface area contributed by atoms with Gasteiger partial charge in [0.15, 0.2) is 12.2 Å². The summed E-state index contributed by atoms with van der Waals surface area (Å²) >= 11 is 0. The van der Waals surface area contributed by atoms with Gasteiger partial charge in [-0.2, -0.15) is 0 Å². The second-order valence-electron chi connectivity index (χ2n) is 26.2. The minimum atomic E-state index is -4.99. The number of carbonyl (C=O) groups excluding carboxylic acids is 4. The number of allylic oxidation sites excluding steroid dienone is 20. The number of phosphoric ester groups is 2. The zero-order valence-corrected chi connectivity index (χ0v) is 65.8. The molecule has 0 aromatic heterocycles. The maximum Gasteiger partial charge on any atom is 0.472 e. The number of hydrogen-bond acceptors (Lipinski definition) is 15. The lowest BCUT2D eigenvalue weighted by molar-refractivity contribution is -0.161. The van der Waals surface area contributed by atoms with E-state index in [-0.39, 0.29) is 25.7 Å². The fraction of sp³-hybridized carbons (Fsp3) is 0.711. The Morgan fingerprint density at radius 3 is 0.784 bits per heavy atom. The maximum atomic E-state index is 13.1. The summed E-state index contributed by atoms with van der Waals surface area (Å²) in [5.74, 6) is -2.22. The largest absolute Gasteiger partial charge is 0.472 e. The Bertz CT molecular complexity index is 2410. The standard InChI is InChI=1S/C83H142O17P2/c1-5-9-13-17-21-25-29-33-36-38-41-45-48-52-56-60-64-68-81(86)94-74-79(100-83(88)70-66-62-58-54-50-46-42-39-37-34-30-26-22-18-14-10-6-2)76-98-102(91,92)96-72-77(84)71-95-101(89,90)97-75-78(99-82(87)69-65-61-57-53-49-43-32-28-24-20-16-12-8-4)73-93-80(85)67-63-59-55-51-47-44-40-35-31-27-23-19-15-11-7-3/h9-11,13-15,21-23,25-27,33-37,40-41,45,77-79,84H,5-8,12,16-20,24,28-32,38-39,42-44,46-76H2,1-4H3,(H,89,90)(H,91,92)/b13-9-,14-10-,15-11-,25-21-,26-22-,27-23-,36-33-,37-34-,40-35-,45-41-. The molecule has 102 heavy (non-hydrogen) atoms. The van der Waals surface area contributed by atoms with Crippen LogP contribution in [0.3, 0.4) is 0 Å². The molecule has 0 aliphatic carbocycles. The van der Waals surface area contributed by atoms with Crippen LogP contribution in [0.4, 0.5) is 0 Å². The average Bonchev–Trinajstić information content (AvgIpc) is 0.959. The summed E-state index contributed by atoms with van der Waals surface area (Å²) in [7, 11) is -9.97. The fourth-order valence-electron chi connectivity index (χ4n) is 10.5. The summed E-state index contributed by atoms with van der Waals surface area (Å²) < 4.78 is 68.6. The zero-order valence-electron chi connectivity index (χ0n) is 64.0. The number of unbranched alkanes of at least 4 members (excludes halogenated alkanes) is 28. The third kappa shape index (κ3) is 73.8. The normalized spacial score (nSPS) is 14.5. The van der Waals surface area contributed by atoms with Crippen molar-refractivity contribution in [3.05, 3.63) is 122 Å². The van der Waals surface area contributed by atoms with Crippen molar-refractivity contribution in [1.29, 1.82) is 0 Å². The molecular formula is C83H142O17P2. The third-order valence-corrected chi connectivity index (χ3v) is 18.3. The molecule has 5 unspecified atom stereocenters. The van der Waals surface area contributed by atoms with Gasteiger partial charge in [0.2, 0.25) is 0 Å². The summed E-state index contributed by atoms with van der Waals surface area (Å²) in [6.07, 6.45) is 81.7. The van der Waals surface area contributed by atoms with Crippen LogP contribution in [0.15, 0.2) is 122 Å². The van der Waals surface area contributed by atoms with Gasteiger partial charge in [0.25, 0.3) is 0 Å². The van der Waals surface area contributed by atoms with E-state index in [9.17, 15) is 43.2 Å². The van der Waals surface area contributed by atoms with E-state index in [0.29, 0.717) is 25.7 Å². The van der Waals surface area contributed by atoms with E-state index in [1.54, 1.807) is 0 Å². The molecule has 0 heterocycles. The van der Waals surface area contributed by atoms with Crippen molar-refractivity contribution in [3.63, 3.8) is 0 Å². The first kappa shape index (κ1) is 97.5. The van der Waals surface area contributed by atoms with Crippen molar-refractivity contribution in [1.82, 2.24) is 0 Å². The highest BCUT2D eigenvalue weighted by Crippen LogP contribution is 2.45. The van der Waals surface area contributed by atoms with Gasteiger partial charge in [-0.15, -0.1) is 0 Å². The Hall–Kier alpha value is -4.54. The van der Waals surface area contributed by atoms with E-state index < -0.39 is 97.5 Å². The quantitative estimate of drug-likeness (QED) is 0.0169. The average molecular weight is 1470 g/mol. The Labute approximate surface area is 619 Å². The number of aliphatic hydroxyl groups excluding tert-OH is 1. The molecule has 0 amide bonds. The molecule has 0 aromatic rings. The molecule has 0 radical (unpaired) electrons. The first-order chi connectivity index (χ1) is 49.7. The molecule has 3 N–H and O–H groups in total. The number of esters is 4. The topological polar surface area (TPSA) is 237 Å². The number of phosphoric acid groups is 2. The van der Waals surface area contributed by atoms with Crippen LogP contribution in [0.5, 0.6) is 0 Å². The van der Waals surface area contributed by atoms with Gasteiger partial charge >= 0.3 is 39.5 Å². The Balaban J connectivity index is 5.39. The van der Waals surface area contributed by atoms with Gasteiger partial charge in [-0.1, -0.05) is 290 Å². The number of carbonyl (C=O) groups is 4. The van der Waals surface area contributed by atoms with Crippen molar-refractivity contribution in [2.45, 2.75) is 341 Å². The second-order valence-corrected chi connectivity index (χ2v) is 29.1. The number of aliphatic hydroxyl groups is 1. The molecule has 0 saturated carbocycles. The minimum absolute atomic E-state index is 0.0759. The summed E-state index contributed by atoms with van der Waals surface area (Å²) in [4.78, 5) is 73.0. The van der Waals surface area contributed by atoms with Crippen molar-refractivity contribution in [2.75, 3.05) is 39.6 Å². The summed E-state index contributed by atoms with van der Waals surface area (Å²) in [5.41, 5.74) is 0. The van der Waals surface area contributed by atoms with Gasteiger partial charge in [0.1, 0.15) is 19.3 Å². The van der Waals surface area contributed by atoms with Crippen LogP contribution in [-0.4, -0.2) is 96.7 Å². The first-order valence-corrected chi connectivity index (χ1v) is 42.8. The lowest BCUT2D eigenvalue weighted by Gasteiger charge is -2.21. The Morgan fingerprint density at radius 2 is 0.510 bits per heavy atom. The lowest BCUT2D eigenvalue weighted by atomic mass is 10.0. The van der Waals surface area contributed by atoms with Crippen molar-refractivity contribution >= 4 is 39.5 Å².